The van der Waals surface area contributed by atoms with Crippen LogP contribution in [0.2, 0.25) is 0 Å². The molecule has 1 aromatic carbocycles. The van der Waals surface area contributed by atoms with Crippen LogP contribution in [0, 0.1) is 17.3 Å². The molecule has 4 saturated carbocycles. The maximum absolute atomic E-state index is 13.2. The van der Waals surface area contributed by atoms with E-state index in [2.05, 4.69) is 35.9 Å². The molecule has 2 aromatic rings. The van der Waals surface area contributed by atoms with Crippen molar-refractivity contribution in [2.24, 2.45) is 17.3 Å². The van der Waals surface area contributed by atoms with Crippen molar-refractivity contribution < 1.29 is 9.32 Å². The van der Waals surface area contributed by atoms with Gasteiger partial charge in [0.25, 0.3) is 0 Å². The third-order valence-corrected chi connectivity index (χ3v) is 7.23. The summed E-state index contributed by atoms with van der Waals surface area (Å²) in [6.45, 7) is 0. The highest BCUT2D eigenvalue weighted by Gasteiger charge is 2.59. The van der Waals surface area contributed by atoms with Crippen LogP contribution >= 0.6 is 15.9 Å². The van der Waals surface area contributed by atoms with Gasteiger partial charge < -0.3 is 5.32 Å². The van der Waals surface area contributed by atoms with E-state index in [9.17, 15) is 9.59 Å². The van der Waals surface area contributed by atoms with Gasteiger partial charge in [-0.1, -0.05) is 33.2 Å². The van der Waals surface area contributed by atoms with Crippen LogP contribution in [0.3, 0.4) is 0 Å². The van der Waals surface area contributed by atoms with Gasteiger partial charge in [-0.05, 0) is 62.5 Å². The molecule has 1 aromatic heterocycles. The van der Waals surface area contributed by atoms with Crippen molar-refractivity contribution in [1.29, 1.82) is 0 Å². The monoisotopic (exact) mass is 417 g/mol. The molecule has 7 heteroatoms. The molecule has 2 unspecified atom stereocenters. The normalized spacial score (nSPS) is 34.8. The van der Waals surface area contributed by atoms with Crippen molar-refractivity contribution >= 4 is 27.5 Å². The van der Waals surface area contributed by atoms with Crippen LogP contribution in [0.5, 0.6) is 0 Å². The highest BCUT2D eigenvalue weighted by atomic mass is 79.9. The molecule has 4 aliphatic carbocycles. The lowest BCUT2D eigenvalue weighted by Gasteiger charge is -2.59. The zero-order valence-corrected chi connectivity index (χ0v) is 15.8. The molecule has 136 valence electrons. The fourth-order valence-electron chi connectivity index (χ4n) is 5.78. The van der Waals surface area contributed by atoms with Gasteiger partial charge in [0, 0.05) is 15.6 Å². The summed E-state index contributed by atoms with van der Waals surface area (Å²) < 4.78 is 4.71. The van der Waals surface area contributed by atoms with Crippen LogP contribution in [-0.2, 0) is 4.79 Å². The molecule has 1 amide bonds. The summed E-state index contributed by atoms with van der Waals surface area (Å²) in [6.07, 6.45) is 6.60. The number of nitrogens with zero attached hydrogens (tertiary/aromatic N) is 1. The minimum absolute atomic E-state index is 0.126. The molecule has 2 N–H and O–H groups in total. The van der Waals surface area contributed by atoms with E-state index in [0.29, 0.717) is 23.2 Å². The SMILES string of the molecule is O=C(Nc1cccc(-c2noc(=O)[nH]2)c1)C12CC3CC(CC(Br)(C3)C1)C2. The lowest BCUT2D eigenvalue weighted by molar-refractivity contribution is -0.138. The molecule has 0 spiro atoms. The predicted molar refractivity (Wildman–Crippen MR) is 100.0 cm³/mol. The zero-order chi connectivity index (χ0) is 17.9. The fraction of sp³-hybridized carbons (Fsp3) is 0.526. The Labute approximate surface area is 158 Å². The topological polar surface area (TPSA) is 88.0 Å². The van der Waals surface area contributed by atoms with Crippen LogP contribution < -0.4 is 11.1 Å². The molecular weight excluding hydrogens is 398 g/mol. The van der Waals surface area contributed by atoms with Gasteiger partial charge in [0.1, 0.15) is 0 Å². The predicted octanol–water partition coefficient (Wildman–Crippen LogP) is 3.70. The summed E-state index contributed by atoms with van der Waals surface area (Å²) >= 11 is 3.96. The van der Waals surface area contributed by atoms with Crippen LogP contribution in [0.15, 0.2) is 33.6 Å². The van der Waals surface area contributed by atoms with E-state index in [1.807, 2.05) is 24.3 Å². The Morgan fingerprint density at radius 2 is 2.04 bits per heavy atom. The van der Waals surface area contributed by atoms with Crippen LogP contribution in [-0.4, -0.2) is 20.4 Å². The Kier molecular flexibility index (Phi) is 3.48. The molecule has 6 nitrogen and oxygen atoms in total. The van der Waals surface area contributed by atoms with Gasteiger partial charge in [-0.2, -0.15) is 0 Å². The van der Waals surface area contributed by atoms with Gasteiger partial charge >= 0.3 is 5.76 Å². The van der Waals surface area contributed by atoms with Crippen LogP contribution in [0.1, 0.15) is 38.5 Å². The number of amides is 1. The molecule has 1 heterocycles. The summed E-state index contributed by atoms with van der Waals surface area (Å²) in [5, 5.41) is 6.83. The van der Waals surface area contributed by atoms with Crippen LogP contribution in [0.25, 0.3) is 11.4 Å². The minimum atomic E-state index is -0.592. The van der Waals surface area contributed by atoms with E-state index in [-0.39, 0.29) is 15.6 Å². The number of carbonyl (C=O) groups is 1. The van der Waals surface area contributed by atoms with Crippen molar-refractivity contribution in [1.82, 2.24) is 10.1 Å². The molecule has 26 heavy (non-hydrogen) atoms. The molecule has 4 aliphatic rings. The van der Waals surface area contributed by atoms with Gasteiger partial charge in [-0.3, -0.25) is 14.3 Å². The third-order valence-electron chi connectivity index (χ3n) is 6.31. The maximum Gasteiger partial charge on any atom is 0.439 e. The number of aromatic nitrogens is 2. The first-order valence-electron chi connectivity index (χ1n) is 9.10. The van der Waals surface area contributed by atoms with Gasteiger partial charge in [0.15, 0.2) is 5.82 Å². The standard InChI is InChI=1S/C19H20BrN3O3/c20-19-8-11-4-12(9-19)7-18(6-11,10-19)16(24)21-14-3-1-2-13(5-14)15-22-17(25)26-23-15/h1-3,5,11-12H,4,6-10H2,(H,21,24)(H,22,23,25). The van der Waals surface area contributed by atoms with Crippen molar-refractivity contribution in [3.8, 4) is 11.4 Å². The molecule has 4 bridgehead atoms. The second-order valence-electron chi connectivity index (χ2n) is 8.37. The van der Waals surface area contributed by atoms with Crippen molar-refractivity contribution in [2.45, 2.75) is 42.8 Å². The number of hydrogen-bond acceptors (Lipinski definition) is 4. The van der Waals surface area contributed by atoms with E-state index < -0.39 is 5.76 Å². The lowest BCUT2D eigenvalue weighted by atomic mass is 9.49. The number of anilines is 1. The average Bonchev–Trinajstić information content (AvgIpc) is 2.99. The number of H-pyrrole nitrogens is 1. The van der Waals surface area contributed by atoms with Gasteiger partial charge in [0.2, 0.25) is 5.91 Å². The quantitative estimate of drug-likeness (QED) is 0.745. The number of halogens is 1. The molecule has 0 radical (unpaired) electrons. The summed E-state index contributed by atoms with van der Waals surface area (Å²) in [5.41, 5.74) is 1.16. The number of nitrogens with one attached hydrogen (secondary N) is 2. The molecule has 4 fully saturated rings. The van der Waals surface area contributed by atoms with Gasteiger partial charge in [-0.25, -0.2) is 4.79 Å². The first kappa shape index (κ1) is 16.3. The second kappa shape index (κ2) is 5.55. The van der Waals surface area contributed by atoms with Crippen molar-refractivity contribution in [3.63, 3.8) is 0 Å². The van der Waals surface area contributed by atoms with Gasteiger partial charge in [0.05, 0.1) is 5.41 Å². The summed E-state index contributed by atoms with van der Waals surface area (Å²) in [4.78, 5) is 26.9. The highest BCUT2D eigenvalue weighted by Crippen LogP contribution is 2.64. The summed E-state index contributed by atoms with van der Waals surface area (Å²) in [5.74, 6) is 1.22. The van der Waals surface area contributed by atoms with E-state index >= 15 is 0 Å². The highest BCUT2D eigenvalue weighted by molar-refractivity contribution is 9.10. The first-order chi connectivity index (χ1) is 12.4. The molecule has 0 aliphatic heterocycles. The summed E-state index contributed by atoms with van der Waals surface area (Å²) in [7, 11) is 0. The zero-order valence-electron chi connectivity index (χ0n) is 14.3. The maximum atomic E-state index is 13.2. The smallest absolute Gasteiger partial charge is 0.326 e. The van der Waals surface area contributed by atoms with E-state index in [1.54, 1.807) is 0 Å². The van der Waals surface area contributed by atoms with E-state index in [4.69, 9.17) is 0 Å². The number of alkyl halides is 1. The number of carbonyl (C=O) groups excluding carboxylic acids is 1. The Balaban J connectivity index is 1.40. The Morgan fingerprint density at radius 1 is 1.27 bits per heavy atom. The Bertz CT molecular complexity index is 920. The van der Waals surface area contributed by atoms with E-state index in [1.165, 1.54) is 19.3 Å². The Morgan fingerprint density at radius 3 is 2.69 bits per heavy atom. The Hall–Kier alpha value is -1.89. The molecule has 6 rings (SSSR count). The average molecular weight is 418 g/mol. The molecule has 0 saturated heterocycles. The number of hydrogen-bond donors (Lipinski definition) is 2. The fourth-order valence-corrected chi connectivity index (χ4v) is 7.23. The van der Waals surface area contributed by atoms with Crippen molar-refractivity contribution in [2.75, 3.05) is 5.32 Å². The number of benzene rings is 1. The minimum Gasteiger partial charge on any atom is -0.326 e. The molecular formula is C19H20BrN3O3. The second-order valence-corrected chi connectivity index (χ2v) is 10.1. The summed E-state index contributed by atoms with van der Waals surface area (Å²) in [6, 6.07) is 7.34. The molecule has 2 atom stereocenters. The number of rotatable bonds is 3. The van der Waals surface area contributed by atoms with Crippen molar-refractivity contribution in [3.05, 3.63) is 34.8 Å². The van der Waals surface area contributed by atoms with E-state index in [0.717, 1.165) is 24.9 Å². The lowest BCUT2D eigenvalue weighted by Crippen LogP contribution is -2.57. The van der Waals surface area contributed by atoms with Crippen LogP contribution in [0.4, 0.5) is 5.69 Å². The number of aromatic amines is 1. The first-order valence-corrected chi connectivity index (χ1v) is 9.89. The third kappa shape index (κ3) is 2.64. The largest absolute Gasteiger partial charge is 0.439 e. The van der Waals surface area contributed by atoms with Gasteiger partial charge in [-0.15, -0.1) is 0 Å².